The Kier molecular flexibility index (Phi) is 4.27. The smallest absolute Gasteiger partial charge is 0.224 e. The topological polar surface area (TPSA) is 61.0 Å². The van der Waals surface area contributed by atoms with Crippen LogP contribution >= 0.6 is 27.5 Å². The maximum atomic E-state index is 6.09. The molecule has 2 N–H and O–H groups in total. The molecule has 4 nitrogen and oxygen atoms in total. The van der Waals surface area contributed by atoms with Crippen LogP contribution in [0.1, 0.15) is 25.6 Å². The standard InChI is InChI=1S/C13H13BrClN3O/c1-7(2)13-17-11(16)6-12(18-13)19-10-4-3-8(14)5-9(10)15/h3-7H,1-2H3,(H2,16,17,18). The molecule has 100 valence electrons. The SMILES string of the molecule is CC(C)c1nc(N)cc(Oc2ccc(Br)cc2Cl)n1. The van der Waals surface area contributed by atoms with Gasteiger partial charge in [0.1, 0.15) is 17.4 Å². The molecule has 2 rings (SSSR count). The zero-order chi connectivity index (χ0) is 14.0. The van der Waals surface area contributed by atoms with E-state index >= 15 is 0 Å². The molecule has 0 amide bonds. The number of nitrogen functional groups attached to an aromatic ring is 1. The minimum atomic E-state index is 0.172. The maximum Gasteiger partial charge on any atom is 0.224 e. The summed E-state index contributed by atoms with van der Waals surface area (Å²) in [6, 6.07) is 6.93. The number of rotatable bonds is 3. The van der Waals surface area contributed by atoms with Gasteiger partial charge in [-0.15, -0.1) is 0 Å². The fourth-order valence-electron chi connectivity index (χ4n) is 1.44. The van der Waals surface area contributed by atoms with Gasteiger partial charge in [-0.25, -0.2) is 4.98 Å². The quantitative estimate of drug-likeness (QED) is 0.898. The van der Waals surface area contributed by atoms with Crippen LogP contribution in [-0.4, -0.2) is 9.97 Å². The second-order valence-electron chi connectivity index (χ2n) is 4.32. The van der Waals surface area contributed by atoms with Crippen molar-refractivity contribution in [3.63, 3.8) is 0 Å². The van der Waals surface area contributed by atoms with Crippen LogP contribution in [0.2, 0.25) is 5.02 Å². The van der Waals surface area contributed by atoms with Crippen LogP contribution in [0.25, 0.3) is 0 Å². The van der Waals surface area contributed by atoms with Crippen molar-refractivity contribution in [2.45, 2.75) is 19.8 Å². The first kappa shape index (κ1) is 14.1. The monoisotopic (exact) mass is 341 g/mol. The van der Waals surface area contributed by atoms with Crippen molar-refractivity contribution in [2.75, 3.05) is 5.73 Å². The Morgan fingerprint density at radius 1 is 1.26 bits per heavy atom. The summed E-state index contributed by atoms with van der Waals surface area (Å²) in [6.45, 7) is 3.98. The summed E-state index contributed by atoms with van der Waals surface area (Å²) in [7, 11) is 0. The molecule has 0 saturated heterocycles. The number of aromatic nitrogens is 2. The van der Waals surface area contributed by atoms with Gasteiger partial charge < -0.3 is 10.5 Å². The first-order valence-electron chi connectivity index (χ1n) is 5.73. The van der Waals surface area contributed by atoms with Gasteiger partial charge in [0.05, 0.1) is 5.02 Å². The lowest BCUT2D eigenvalue weighted by Crippen LogP contribution is -2.03. The van der Waals surface area contributed by atoms with E-state index < -0.39 is 0 Å². The first-order chi connectivity index (χ1) is 8.95. The molecule has 0 unspecified atom stereocenters. The first-order valence-corrected chi connectivity index (χ1v) is 6.90. The van der Waals surface area contributed by atoms with Gasteiger partial charge in [-0.1, -0.05) is 41.4 Å². The predicted octanol–water partition coefficient (Wildman–Crippen LogP) is 4.39. The fourth-order valence-corrected chi connectivity index (χ4v) is 2.15. The van der Waals surface area contributed by atoms with Crippen molar-refractivity contribution in [1.82, 2.24) is 9.97 Å². The summed E-state index contributed by atoms with van der Waals surface area (Å²) in [5.41, 5.74) is 5.74. The average Bonchev–Trinajstić information content (AvgIpc) is 2.32. The summed E-state index contributed by atoms with van der Waals surface area (Å²) < 4.78 is 6.54. The van der Waals surface area contributed by atoms with Gasteiger partial charge >= 0.3 is 0 Å². The Morgan fingerprint density at radius 3 is 2.63 bits per heavy atom. The lowest BCUT2D eigenvalue weighted by molar-refractivity contribution is 0.457. The van der Waals surface area contributed by atoms with E-state index in [2.05, 4.69) is 25.9 Å². The molecular formula is C13H13BrClN3O. The van der Waals surface area contributed by atoms with E-state index in [4.69, 9.17) is 22.1 Å². The molecule has 1 aromatic heterocycles. The highest BCUT2D eigenvalue weighted by Gasteiger charge is 2.10. The van der Waals surface area contributed by atoms with E-state index in [0.29, 0.717) is 28.3 Å². The van der Waals surface area contributed by atoms with Crippen molar-refractivity contribution in [1.29, 1.82) is 0 Å². The molecule has 0 bridgehead atoms. The molecular weight excluding hydrogens is 330 g/mol. The van der Waals surface area contributed by atoms with Gasteiger partial charge in [-0.05, 0) is 18.2 Å². The summed E-state index contributed by atoms with van der Waals surface area (Å²) in [5, 5.41) is 0.498. The number of hydrogen-bond donors (Lipinski definition) is 1. The molecule has 0 aliphatic rings. The van der Waals surface area contributed by atoms with E-state index in [-0.39, 0.29) is 5.92 Å². The van der Waals surface area contributed by atoms with Crippen LogP contribution in [0, 0.1) is 0 Å². The van der Waals surface area contributed by atoms with Crippen LogP contribution in [-0.2, 0) is 0 Å². The normalized spacial score (nSPS) is 10.8. The van der Waals surface area contributed by atoms with E-state index in [0.717, 1.165) is 4.47 Å². The molecule has 1 aromatic carbocycles. The second kappa shape index (κ2) is 5.75. The molecule has 0 spiro atoms. The van der Waals surface area contributed by atoms with Gasteiger partial charge in [0.15, 0.2) is 0 Å². The van der Waals surface area contributed by atoms with Gasteiger partial charge in [0.2, 0.25) is 5.88 Å². The van der Waals surface area contributed by atoms with E-state index in [1.54, 1.807) is 18.2 Å². The molecule has 0 saturated carbocycles. The Morgan fingerprint density at radius 2 is 2.00 bits per heavy atom. The van der Waals surface area contributed by atoms with Gasteiger partial charge in [0, 0.05) is 16.5 Å². The van der Waals surface area contributed by atoms with Crippen molar-refractivity contribution in [3.05, 3.63) is 39.6 Å². The predicted molar refractivity (Wildman–Crippen MR) is 79.8 cm³/mol. The number of nitrogens with two attached hydrogens (primary N) is 1. The summed E-state index contributed by atoms with van der Waals surface area (Å²) in [6.07, 6.45) is 0. The highest BCUT2D eigenvalue weighted by molar-refractivity contribution is 9.10. The number of anilines is 1. The average molecular weight is 343 g/mol. The summed E-state index contributed by atoms with van der Waals surface area (Å²) >= 11 is 9.43. The largest absolute Gasteiger partial charge is 0.437 e. The van der Waals surface area contributed by atoms with Gasteiger partial charge in [0.25, 0.3) is 0 Å². The van der Waals surface area contributed by atoms with E-state index in [9.17, 15) is 0 Å². The third-order valence-electron chi connectivity index (χ3n) is 2.36. The lowest BCUT2D eigenvalue weighted by atomic mass is 10.2. The van der Waals surface area contributed by atoms with Crippen molar-refractivity contribution in [3.8, 4) is 11.6 Å². The Labute approximate surface area is 125 Å². The van der Waals surface area contributed by atoms with Crippen LogP contribution in [0.15, 0.2) is 28.7 Å². The molecule has 0 aliphatic heterocycles. The number of nitrogens with zero attached hydrogens (tertiary/aromatic N) is 2. The van der Waals surface area contributed by atoms with Gasteiger partial charge in [-0.2, -0.15) is 4.98 Å². The minimum Gasteiger partial charge on any atom is -0.437 e. The Hall–Kier alpha value is -1.33. The third-order valence-corrected chi connectivity index (χ3v) is 3.15. The molecule has 1 heterocycles. The highest BCUT2D eigenvalue weighted by Crippen LogP contribution is 2.31. The highest BCUT2D eigenvalue weighted by atomic mass is 79.9. The van der Waals surface area contributed by atoms with Crippen LogP contribution in [0.5, 0.6) is 11.6 Å². The van der Waals surface area contributed by atoms with Crippen LogP contribution in [0.4, 0.5) is 5.82 Å². The molecule has 0 radical (unpaired) electrons. The third kappa shape index (κ3) is 3.58. The Balaban J connectivity index is 2.32. The van der Waals surface area contributed by atoms with Crippen LogP contribution in [0.3, 0.4) is 0 Å². The van der Waals surface area contributed by atoms with Crippen LogP contribution < -0.4 is 10.5 Å². The van der Waals surface area contributed by atoms with Crippen molar-refractivity contribution < 1.29 is 4.74 Å². The summed E-state index contributed by atoms with van der Waals surface area (Å²) in [4.78, 5) is 8.47. The summed E-state index contributed by atoms with van der Waals surface area (Å²) in [5.74, 6) is 2.11. The number of benzene rings is 1. The fraction of sp³-hybridized carbons (Fsp3) is 0.231. The molecule has 0 aliphatic carbocycles. The minimum absolute atomic E-state index is 0.172. The molecule has 6 heteroatoms. The Bertz CT molecular complexity index is 604. The second-order valence-corrected chi connectivity index (χ2v) is 5.64. The van der Waals surface area contributed by atoms with E-state index in [1.807, 2.05) is 19.9 Å². The number of halogens is 2. The number of ether oxygens (including phenoxy) is 1. The van der Waals surface area contributed by atoms with E-state index in [1.165, 1.54) is 0 Å². The van der Waals surface area contributed by atoms with Crippen molar-refractivity contribution in [2.24, 2.45) is 0 Å². The molecule has 19 heavy (non-hydrogen) atoms. The maximum absolute atomic E-state index is 6.09. The zero-order valence-electron chi connectivity index (χ0n) is 10.5. The van der Waals surface area contributed by atoms with Gasteiger partial charge in [-0.3, -0.25) is 0 Å². The number of hydrogen-bond acceptors (Lipinski definition) is 4. The molecule has 0 atom stereocenters. The lowest BCUT2D eigenvalue weighted by Gasteiger charge is -2.10. The molecule has 0 fully saturated rings. The molecule has 2 aromatic rings. The van der Waals surface area contributed by atoms with Crippen molar-refractivity contribution >= 4 is 33.3 Å². The zero-order valence-corrected chi connectivity index (χ0v) is 12.9.